The number of carboxylic acids is 1. The Hall–Kier alpha value is -1.06. The molecule has 114 valence electrons. The van der Waals surface area contributed by atoms with E-state index in [1.165, 1.54) is 0 Å². The van der Waals surface area contributed by atoms with Gasteiger partial charge in [-0.2, -0.15) is 0 Å². The molecule has 1 heterocycles. The largest absolute Gasteiger partial charge is 0.481 e. The van der Waals surface area contributed by atoms with Gasteiger partial charge in [-0.25, -0.2) is 0 Å². The molecule has 1 atom stereocenters. The van der Waals surface area contributed by atoms with Crippen molar-refractivity contribution in [2.24, 2.45) is 11.3 Å². The van der Waals surface area contributed by atoms with Crippen molar-refractivity contribution in [3.8, 4) is 0 Å². The van der Waals surface area contributed by atoms with Crippen LogP contribution in [0, 0.1) is 11.3 Å². The molecule has 2 rings (SSSR count). The van der Waals surface area contributed by atoms with Gasteiger partial charge in [-0.3, -0.25) is 9.59 Å². The Morgan fingerprint density at radius 3 is 2.40 bits per heavy atom. The van der Waals surface area contributed by atoms with Gasteiger partial charge in [0, 0.05) is 19.0 Å². The van der Waals surface area contributed by atoms with Gasteiger partial charge in [0.15, 0.2) is 0 Å². The molecule has 4 heteroatoms. The van der Waals surface area contributed by atoms with Crippen molar-refractivity contribution in [1.29, 1.82) is 0 Å². The van der Waals surface area contributed by atoms with Crippen molar-refractivity contribution in [3.05, 3.63) is 0 Å². The topological polar surface area (TPSA) is 57.6 Å². The Bertz CT molecular complexity index is 372. The summed E-state index contributed by atoms with van der Waals surface area (Å²) in [7, 11) is 0. The molecule has 0 bridgehead atoms. The molecule has 0 aromatic rings. The maximum absolute atomic E-state index is 12.6. The number of carboxylic acid groups (broad SMARTS) is 1. The molecule has 4 nitrogen and oxygen atoms in total. The molecule has 0 spiro atoms. The fourth-order valence-electron chi connectivity index (χ4n) is 4.08. The average Bonchev–Trinajstić information content (AvgIpc) is 2.96. The average molecular weight is 281 g/mol. The summed E-state index contributed by atoms with van der Waals surface area (Å²) in [6.07, 6.45) is 6.68. The molecule has 1 unspecified atom stereocenters. The molecule has 20 heavy (non-hydrogen) atoms. The Morgan fingerprint density at radius 1 is 1.20 bits per heavy atom. The first-order valence-corrected chi connectivity index (χ1v) is 7.95. The van der Waals surface area contributed by atoms with E-state index in [4.69, 9.17) is 5.11 Å². The van der Waals surface area contributed by atoms with E-state index in [1.54, 1.807) is 0 Å². The van der Waals surface area contributed by atoms with Gasteiger partial charge < -0.3 is 10.0 Å². The lowest BCUT2D eigenvalue weighted by Crippen LogP contribution is -2.41. The molecule has 2 fully saturated rings. The number of nitrogens with zero attached hydrogens (tertiary/aromatic N) is 1. The Balaban J connectivity index is 2.03. The van der Waals surface area contributed by atoms with Gasteiger partial charge in [0.1, 0.15) is 0 Å². The minimum atomic E-state index is -0.762. The molecule has 1 N–H and O–H groups in total. The summed E-state index contributed by atoms with van der Waals surface area (Å²) in [5.74, 6) is -0.0914. The standard InChI is InChI=1S/C16H27NO3/c1-12(2)13-6-5-9-17(13)14(18)10-16(11-15(19)20)7-3-4-8-16/h12-13H,3-11H2,1-2H3,(H,19,20). The van der Waals surface area contributed by atoms with Crippen LogP contribution in [0.3, 0.4) is 0 Å². The molecule has 0 aromatic heterocycles. The van der Waals surface area contributed by atoms with E-state index in [0.29, 0.717) is 18.4 Å². The third-order valence-corrected chi connectivity index (χ3v) is 5.11. The van der Waals surface area contributed by atoms with E-state index in [9.17, 15) is 9.59 Å². The van der Waals surface area contributed by atoms with Crippen molar-refractivity contribution < 1.29 is 14.7 Å². The lowest BCUT2D eigenvalue weighted by molar-refractivity contribution is -0.142. The highest BCUT2D eigenvalue weighted by atomic mass is 16.4. The van der Waals surface area contributed by atoms with Crippen LogP contribution >= 0.6 is 0 Å². The molecular weight excluding hydrogens is 254 g/mol. The third kappa shape index (κ3) is 3.33. The minimum Gasteiger partial charge on any atom is -0.481 e. The van der Waals surface area contributed by atoms with Crippen molar-refractivity contribution in [3.63, 3.8) is 0 Å². The third-order valence-electron chi connectivity index (χ3n) is 5.11. The summed E-state index contributed by atoms with van der Waals surface area (Å²) in [6.45, 7) is 5.18. The van der Waals surface area contributed by atoms with Crippen LogP contribution in [-0.2, 0) is 9.59 Å². The molecule has 2 aliphatic rings. The van der Waals surface area contributed by atoms with E-state index < -0.39 is 5.97 Å². The van der Waals surface area contributed by atoms with Crippen LogP contribution in [0.4, 0.5) is 0 Å². The highest BCUT2D eigenvalue weighted by Gasteiger charge is 2.41. The zero-order valence-electron chi connectivity index (χ0n) is 12.7. The smallest absolute Gasteiger partial charge is 0.303 e. The Morgan fingerprint density at radius 2 is 1.85 bits per heavy atom. The summed E-state index contributed by atoms with van der Waals surface area (Å²) in [4.78, 5) is 25.8. The second-order valence-electron chi connectivity index (χ2n) is 7.00. The van der Waals surface area contributed by atoms with Gasteiger partial charge >= 0.3 is 5.97 Å². The number of hydrogen-bond acceptors (Lipinski definition) is 2. The van der Waals surface area contributed by atoms with Crippen LogP contribution in [0.2, 0.25) is 0 Å². The second kappa shape index (κ2) is 6.15. The van der Waals surface area contributed by atoms with Crippen LogP contribution in [0.5, 0.6) is 0 Å². The number of likely N-dealkylation sites (tertiary alicyclic amines) is 1. The monoisotopic (exact) mass is 281 g/mol. The molecular formula is C16H27NO3. The first-order chi connectivity index (χ1) is 9.43. The lowest BCUT2D eigenvalue weighted by Gasteiger charge is -2.33. The zero-order chi connectivity index (χ0) is 14.8. The molecule has 1 amide bonds. The predicted octanol–water partition coefficient (Wildman–Crippen LogP) is 3.06. The normalized spacial score (nSPS) is 25.4. The number of amides is 1. The first kappa shape index (κ1) is 15.3. The van der Waals surface area contributed by atoms with Crippen molar-refractivity contribution in [2.45, 2.75) is 71.3 Å². The summed E-state index contributed by atoms with van der Waals surface area (Å²) >= 11 is 0. The fraction of sp³-hybridized carbons (Fsp3) is 0.875. The molecule has 1 saturated carbocycles. The van der Waals surface area contributed by atoms with Crippen LogP contribution < -0.4 is 0 Å². The molecule has 0 aromatic carbocycles. The summed E-state index contributed by atoms with van der Waals surface area (Å²) < 4.78 is 0. The first-order valence-electron chi connectivity index (χ1n) is 7.95. The van der Waals surface area contributed by atoms with E-state index in [1.807, 2.05) is 4.90 Å². The van der Waals surface area contributed by atoms with Gasteiger partial charge in [-0.15, -0.1) is 0 Å². The van der Waals surface area contributed by atoms with Crippen LogP contribution in [-0.4, -0.2) is 34.5 Å². The predicted molar refractivity (Wildman–Crippen MR) is 77.3 cm³/mol. The maximum Gasteiger partial charge on any atom is 0.303 e. The molecule has 1 aliphatic heterocycles. The number of carbonyl (C=O) groups excluding carboxylic acids is 1. The zero-order valence-corrected chi connectivity index (χ0v) is 12.7. The van der Waals surface area contributed by atoms with Gasteiger partial charge in [0.25, 0.3) is 0 Å². The van der Waals surface area contributed by atoms with E-state index in [0.717, 1.165) is 45.1 Å². The van der Waals surface area contributed by atoms with Crippen LogP contribution in [0.25, 0.3) is 0 Å². The summed E-state index contributed by atoms with van der Waals surface area (Å²) in [5, 5.41) is 9.13. The number of rotatable bonds is 5. The molecule has 0 radical (unpaired) electrons. The number of aliphatic carboxylic acids is 1. The van der Waals surface area contributed by atoms with Crippen molar-refractivity contribution >= 4 is 11.9 Å². The Labute approximate surface area is 121 Å². The van der Waals surface area contributed by atoms with Gasteiger partial charge in [0.05, 0.1) is 6.42 Å². The Kier molecular flexibility index (Phi) is 4.71. The minimum absolute atomic E-state index is 0.152. The van der Waals surface area contributed by atoms with Gasteiger partial charge in [-0.1, -0.05) is 26.7 Å². The summed E-state index contributed by atoms with van der Waals surface area (Å²) in [6, 6.07) is 0.353. The molecule has 1 saturated heterocycles. The summed E-state index contributed by atoms with van der Waals surface area (Å²) in [5.41, 5.74) is -0.271. The van der Waals surface area contributed by atoms with Crippen molar-refractivity contribution in [1.82, 2.24) is 4.90 Å². The van der Waals surface area contributed by atoms with Gasteiger partial charge in [0.2, 0.25) is 5.91 Å². The van der Waals surface area contributed by atoms with E-state index in [-0.39, 0.29) is 17.7 Å². The number of carbonyl (C=O) groups is 2. The van der Waals surface area contributed by atoms with Crippen LogP contribution in [0.1, 0.15) is 65.2 Å². The molecule has 1 aliphatic carbocycles. The maximum atomic E-state index is 12.6. The quantitative estimate of drug-likeness (QED) is 0.842. The second-order valence-corrected chi connectivity index (χ2v) is 7.00. The van der Waals surface area contributed by atoms with Crippen molar-refractivity contribution in [2.75, 3.05) is 6.54 Å². The highest BCUT2D eigenvalue weighted by molar-refractivity contribution is 5.79. The van der Waals surface area contributed by atoms with E-state index >= 15 is 0 Å². The number of hydrogen-bond donors (Lipinski definition) is 1. The van der Waals surface area contributed by atoms with Gasteiger partial charge in [-0.05, 0) is 37.0 Å². The van der Waals surface area contributed by atoms with E-state index in [2.05, 4.69) is 13.8 Å². The highest BCUT2D eigenvalue weighted by Crippen LogP contribution is 2.45. The SMILES string of the molecule is CC(C)C1CCCN1C(=O)CC1(CC(=O)O)CCCC1. The van der Waals surface area contributed by atoms with Crippen LogP contribution in [0.15, 0.2) is 0 Å². The fourth-order valence-corrected chi connectivity index (χ4v) is 4.08. The lowest BCUT2D eigenvalue weighted by atomic mass is 9.79.